The summed E-state index contributed by atoms with van der Waals surface area (Å²) in [4.78, 5) is 28.4. The fourth-order valence-corrected chi connectivity index (χ4v) is 2.34. The van der Waals surface area contributed by atoms with Crippen molar-refractivity contribution in [3.8, 4) is 0 Å². The monoisotopic (exact) mass is 379 g/mol. The van der Waals surface area contributed by atoms with Crippen molar-refractivity contribution >= 4 is 40.7 Å². The second-order valence-electron chi connectivity index (χ2n) is 5.98. The molecule has 0 fully saturated rings. The Morgan fingerprint density at radius 2 is 1.72 bits per heavy atom. The third kappa shape index (κ3) is 5.73. The van der Waals surface area contributed by atoms with Crippen LogP contribution in [0.25, 0.3) is 0 Å². The van der Waals surface area contributed by atoms with Crippen molar-refractivity contribution in [3.63, 3.8) is 0 Å². The number of hydrogen-bond acceptors (Lipinski definition) is 3. The number of hydrogen-bond donors (Lipinski definition) is 2. The highest BCUT2D eigenvalue weighted by atomic mass is 35.5. The van der Waals surface area contributed by atoms with E-state index in [0.717, 1.165) is 6.42 Å². The summed E-state index contributed by atoms with van der Waals surface area (Å²) in [5.74, 6) is -0.137. The SMILES string of the molecule is CC(C)CCNC(=O)c1cncc(C(=O)Nc2ccc(Cl)c(Cl)c2)c1. The van der Waals surface area contributed by atoms with E-state index < -0.39 is 0 Å². The molecule has 0 atom stereocenters. The number of nitrogens with zero attached hydrogens (tertiary/aromatic N) is 1. The van der Waals surface area contributed by atoms with E-state index >= 15 is 0 Å². The van der Waals surface area contributed by atoms with E-state index in [1.165, 1.54) is 18.5 Å². The predicted molar refractivity (Wildman–Crippen MR) is 100 cm³/mol. The van der Waals surface area contributed by atoms with E-state index in [1.807, 2.05) is 0 Å². The van der Waals surface area contributed by atoms with Crippen molar-refractivity contribution in [1.82, 2.24) is 10.3 Å². The Morgan fingerprint density at radius 1 is 1.04 bits per heavy atom. The first-order valence-corrected chi connectivity index (χ1v) is 8.62. The average molecular weight is 380 g/mol. The fraction of sp³-hybridized carbons (Fsp3) is 0.278. The summed E-state index contributed by atoms with van der Waals surface area (Å²) >= 11 is 11.8. The zero-order valence-electron chi connectivity index (χ0n) is 14.0. The Kier molecular flexibility index (Phi) is 6.79. The van der Waals surface area contributed by atoms with Crippen LogP contribution < -0.4 is 10.6 Å². The maximum absolute atomic E-state index is 12.3. The zero-order chi connectivity index (χ0) is 18.4. The highest BCUT2D eigenvalue weighted by Gasteiger charge is 2.12. The first-order valence-electron chi connectivity index (χ1n) is 7.86. The second kappa shape index (κ2) is 8.83. The molecule has 0 spiro atoms. The van der Waals surface area contributed by atoms with Crippen LogP contribution in [-0.2, 0) is 0 Å². The Labute approximate surface area is 156 Å². The van der Waals surface area contributed by atoms with Crippen LogP contribution in [0.2, 0.25) is 10.0 Å². The lowest BCUT2D eigenvalue weighted by molar-refractivity contribution is 0.0951. The van der Waals surface area contributed by atoms with E-state index in [0.29, 0.717) is 33.8 Å². The summed E-state index contributed by atoms with van der Waals surface area (Å²) in [7, 11) is 0. The van der Waals surface area contributed by atoms with Gasteiger partial charge in [-0.1, -0.05) is 37.0 Å². The summed E-state index contributed by atoms with van der Waals surface area (Å²) < 4.78 is 0. The standard InChI is InChI=1S/C18H19Cl2N3O2/c1-11(2)5-6-22-17(24)12-7-13(10-21-9-12)18(25)23-14-3-4-15(19)16(20)8-14/h3-4,7-11H,5-6H2,1-2H3,(H,22,24)(H,23,25). The van der Waals surface area contributed by atoms with Gasteiger partial charge in [-0.15, -0.1) is 0 Å². The molecular weight excluding hydrogens is 361 g/mol. The summed E-state index contributed by atoms with van der Waals surface area (Å²) in [6.07, 6.45) is 3.72. The van der Waals surface area contributed by atoms with Crippen LogP contribution in [0.1, 0.15) is 41.0 Å². The molecule has 0 saturated carbocycles. The van der Waals surface area contributed by atoms with Gasteiger partial charge in [0.2, 0.25) is 0 Å². The van der Waals surface area contributed by atoms with Crippen molar-refractivity contribution < 1.29 is 9.59 Å². The van der Waals surface area contributed by atoms with Crippen LogP contribution >= 0.6 is 23.2 Å². The third-order valence-corrected chi connectivity index (χ3v) is 4.19. The van der Waals surface area contributed by atoms with Crippen LogP contribution in [-0.4, -0.2) is 23.3 Å². The normalized spacial score (nSPS) is 10.6. The number of carbonyl (C=O) groups excluding carboxylic acids is 2. The minimum Gasteiger partial charge on any atom is -0.352 e. The van der Waals surface area contributed by atoms with Crippen LogP contribution in [0.15, 0.2) is 36.7 Å². The molecule has 0 aliphatic carbocycles. The summed E-state index contributed by atoms with van der Waals surface area (Å²) in [5.41, 5.74) is 1.12. The Bertz CT molecular complexity index is 779. The zero-order valence-corrected chi connectivity index (χ0v) is 15.5. The van der Waals surface area contributed by atoms with E-state index in [1.54, 1.807) is 18.2 Å². The molecule has 0 bridgehead atoms. The van der Waals surface area contributed by atoms with Crippen molar-refractivity contribution in [1.29, 1.82) is 0 Å². The second-order valence-corrected chi connectivity index (χ2v) is 6.80. The molecule has 2 aromatic rings. The van der Waals surface area contributed by atoms with Gasteiger partial charge in [-0.2, -0.15) is 0 Å². The lowest BCUT2D eigenvalue weighted by atomic mass is 10.1. The maximum Gasteiger partial charge on any atom is 0.257 e. The van der Waals surface area contributed by atoms with Gasteiger partial charge >= 0.3 is 0 Å². The van der Waals surface area contributed by atoms with Crippen molar-refractivity contribution in [2.24, 2.45) is 5.92 Å². The first-order chi connectivity index (χ1) is 11.9. The quantitative estimate of drug-likeness (QED) is 0.780. The number of nitrogens with one attached hydrogen (secondary N) is 2. The van der Waals surface area contributed by atoms with Gasteiger partial charge in [0.15, 0.2) is 0 Å². The van der Waals surface area contributed by atoms with Gasteiger partial charge in [-0.05, 0) is 36.6 Å². The lowest BCUT2D eigenvalue weighted by Crippen LogP contribution is -2.26. The van der Waals surface area contributed by atoms with Crippen molar-refractivity contribution in [2.45, 2.75) is 20.3 Å². The molecule has 132 valence electrons. The van der Waals surface area contributed by atoms with E-state index in [4.69, 9.17) is 23.2 Å². The molecular formula is C18H19Cl2N3O2. The Balaban J connectivity index is 2.05. The highest BCUT2D eigenvalue weighted by Crippen LogP contribution is 2.25. The van der Waals surface area contributed by atoms with Crippen LogP contribution in [0.5, 0.6) is 0 Å². The topological polar surface area (TPSA) is 71.1 Å². The van der Waals surface area contributed by atoms with E-state index in [-0.39, 0.29) is 17.4 Å². The molecule has 25 heavy (non-hydrogen) atoms. The van der Waals surface area contributed by atoms with Gasteiger partial charge in [0.25, 0.3) is 11.8 Å². The maximum atomic E-state index is 12.3. The van der Waals surface area contributed by atoms with Crippen LogP contribution in [0.4, 0.5) is 5.69 Å². The summed E-state index contributed by atoms with van der Waals surface area (Å²) in [6, 6.07) is 6.29. The molecule has 0 aliphatic heterocycles. The van der Waals surface area contributed by atoms with Crippen LogP contribution in [0, 0.1) is 5.92 Å². The van der Waals surface area contributed by atoms with E-state index in [2.05, 4.69) is 29.5 Å². The van der Waals surface area contributed by atoms with Gasteiger partial charge in [0.05, 0.1) is 21.2 Å². The molecule has 1 heterocycles. The van der Waals surface area contributed by atoms with Crippen molar-refractivity contribution in [3.05, 3.63) is 57.8 Å². The molecule has 2 amide bonds. The molecule has 0 aliphatic rings. The molecule has 1 aromatic heterocycles. The predicted octanol–water partition coefficient (Wildman–Crippen LogP) is 4.42. The minimum atomic E-state index is -0.386. The number of amides is 2. The van der Waals surface area contributed by atoms with Gasteiger partial charge < -0.3 is 10.6 Å². The first kappa shape index (κ1) is 19.2. The minimum absolute atomic E-state index is 0.252. The summed E-state index contributed by atoms with van der Waals surface area (Å²) in [5, 5.41) is 6.26. The smallest absolute Gasteiger partial charge is 0.257 e. The molecule has 7 heteroatoms. The number of anilines is 1. The molecule has 2 N–H and O–H groups in total. The number of aromatic nitrogens is 1. The third-order valence-electron chi connectivity index (χ3n) is 3.45. The Hall–Kier alpha value is -2.11. The average Bonchev–Trinajstić information content (AvgIpc) is 2.58. The number of benzene rings is 1. The molecule has 0 radical (unpaired) electrons. The molecule has 2 rings (SSSR count). The van der Waals surface area contributed by atoms with Gasteiger partial charge in [-0.25, -0.2) is 0 Å². The van der Waals surface area contributed by atoms with Crippen molar-refractivity contribution in [2.75, 3.05) is 11.9 Å². The number of carbonyl (C=O) groups is 2. The molecule has 0 saturated heterocycles. The molecule has 5 nitrogen and oxygen atoms in total. The number of pyridine rings is 1. The lowest BCUT2D eigenvalue weighted by Gasteiger charge is -2.09. The summed E-state index contributed by atoms with van der Waals surface area (Å²) in [6.45, 7) is 4.75. The molecule has 0 unspecified atom stereocenters. The molecule has 1 aromatic carbocycles. The van der Waals surface area contributed by atoms with Gasteiger partial charge in [-0.3, -0.25) is 14.6 Å². The number of halogens is 2. The fourth-order valence-electron chi connectivity index (χ4n) is 2.04. The number of rotatable bonds is 6. The Morgan fingerprint density at radius 3 is 2.36 bits per heavy atom. The largest absolute Gasteiger partial charge is 0.352 e. The highest BCUT2D eigenvalue weighted by molar-refractivity contribution is 6.42. The van der Waals surface area contributed by atoms with Gasteiger partial charge in [0, 0.05) is 24.6 Å². The van der Waals surface area contributed by atoms with E-state index in [9.17, 15) is 9.59 Å². The van der Waals surface area contributed by atoms with Gasteiger partial charge in [0.1, 0.15) is 0 Å². The van der Waals surface area contributed by atoms with Crippen LogP contribution in [0.3, 0.4) is 0 Å².